The number of carbonyl (C=O) groups is 1. The summed E-state index contributed by atoms with van der Waals surface area (Å²) in [5, 5.41) is 19.0. The maximum absolute atomic E-state index is 13.3. The highest BCUT2D eigenvalue weighted by atomic mass is 19.1. The molecule has 2 amide bonds. The lowest BCUT2D eigenvalue weighted by atomic mass is 10.1. The Labute approximate surface area is 147 Å². The summed E-state index contributed by atoms with van der Waals surface area (Å²) in [5.74, 6) is -0.448. The molecule has 0 aliphatic heterocycles. The third-order valence-corrected chi connectivity index (χ3v) is 4.28. The minimum absolute atomic E-state index is 0.224. The molecule has 25 heavy (non-hydrogen) atoms. The summed E-state index contributed by atoms with van der Waals surface area (Å²) in [4.78, 5) is 11.8. The Bertz CT molecular complexity index is 743. The van der Waals surface area contributed by atoms with E-state index >= 15 is 0 Å². The average Bonchev–Trinajstić information content (AvgIpc) is 2.83. The van der Waals surface area contributed by atoms with E-state index in [1.165, 1.54) is 11.6 Å². The van der Waals surface area contributed by atoms with Gasteiger partial charge in [0.2, 0.25) is 0 Å². The number of hydrogen-bond acceptors (Lipinski definition) is 3. The van der Waals surface area contributed by atoms with Crippen LogP contribution >= 0.6 is 0 Å². The van der Waals surface area contributed by atoms with Gasteiger partial charge in [-0.15, -0.1) is 0 Å². The standard InChI is InChI=1S/C18H25FN4O2/c1-12-16(13(2)23(3)22-12)5-4-8-20-18(25)21-10-14-6-7-17(19)15(9-14)11-24/h6-7,9,24H,4-5,8,10-11H2,1-3H3,(H2,20,21,25). The van der Waals surface area contributed by atoms with Gasteiger partial charge >= 0.3 is 6.03 Å². The van der Waals surface area contributed by atoms with E-state index in [1.807, 2.05) is 25.6 Å². The van der Waals surface area contributed by atoms with E-state index in [9.17, 15) is 9.18 Å². The minimum Gasteiger partial charge on any atom is -0.392 e. The van der Waals surface area contributed by atoms with Gasteiger partial charge in [0.15, 0.2) is 0 Å². The number of nitrogens with zero attached hydrogens (tertiary/aromatic N) is 2. The zero-order chi connectivity index (χ0) is 18.4. The number of halogens is 1. The summed E-state index contributed by atoms with van der Waals surface area (Å²) in [6, 6.07) is 4.15. The van der Waals surface area contributed by atoms with Crippen LogP contribution in [0, 0.1) is 19.7 Å². The van der Waals surface area contributed by atoms with Crippen molar-refractivity contribution in [3.8, 4) is 0 Å². The van der Waals surface area contributed by atoms with Crippen molar-refractivity contribution < 1.29 is 14.3 Å². The van der Waals surface area contributed by atoms with Crippen LogP contribution in [0.15, 0.2) is 18.2 Å². The van der Waals surface area contributed by atoms with E-state index in [0.29, 0.717) is 6.54 Å². The van der Waals surface area contributed by atoms with Gasteiger partial charge in [0.1, 0.15) is 5.82 Å². The van der Waals surface area contributed by atoms with Crippen LogP contribution in [0.5, 0.6) is 0 Å². The third kappa shape index (κ3) is 5.03. The van der Waals surface area contributed by atoms with Crippen molar-refractivity contribution in [3.05, 3.63) is 52.1 Å². The molecule has 3 N–H and O–H groups in total. The molecule has 0 fully saturated rings. The fourth-order valence-electron chi connectivity index (χ4n) is 2.75. The SMILES string of the molecule is Cc1nn(C)c(C)c1CCCNC(=O)NCc1ccc(F)c(CO)c1. The second kappa shape index (κ2) is 8.62. The van der Waals surface area contributed by atoms with E-state index in [2.05, 4.69) is 15.7 Å². The molecule has 2 rings (SSSR count). The highest BCUT2D eigenvalue weighted by molar-refractivity contribution is 5.73. The van der Waals surface area contributed by atoms with Crippen LogP contribution < -0.4 is 10.6 Å². The molecule has 0 saturated heterocycles. The number of carbonyl (C=O) groups excluding carboxylic acids is 1. The van der Waals surface area contributed by atoms with Gasteiger partial charge in [-0.05, 0) is 49.9 Å². The zero-order valence-corrected chi connectivity index (χ0v) is 14.9. The Morgan fingerprint density at radius 3 is 2.72 bits per heavy atom. The molecule has 0 atom stereocenters. The molecule has 1 aromatic carbocycles. The number of hydrogen-bond donors (Lipinski definition) is 3. The number of benzene rings is 1. The van der Waals surface area contributed by atoms with Crippen LogP contribution in [0.3, 0.4) is 0 Å². The summed E-state index contributed by atoms with van der Waals surface area (Å²) in [6.07, 6.45) is 1.69. The minimum atomic E-state index is -0.448. The maximum atomic E-state index is 13.3. The summed E-state index contributed by atoms with van der Waals surface area (Å²) in [7, 11) is 1.93. The van der Waals surface area contributed by atoms with Crippen LogP contribution in [0.4, 0.5) is 9.18 Å². The fraction of sp³-hybridized carbons (Fsp3) is 0.444. The monoisotopic (exact) mass is 348 g/mol. The number of aromatic nitrogens is 2. The number of aryl methyl sites for hydroxylation is 2. The number of nitrogens with one attached hydrogen (secondary N) is 2. The molecule has 0 aliphatic carbocycles. The first kappa shape index (κ1) is 18.9. The molecule has 6 nitrogen and oxygen atoms in total. The molecule has 0 saturated carbocycles. The largest absolute Gasteiger partial charge is 0.392 e. The van der Waals surface area contributed by atoms with E-state index in [-0.39, 0.29) is 24.7 Å². The predicted octanol–water partition coefficient (Wildman–Crippen LogP) is 2.10. The highest BCUT2D eigenvalue weighted by Gasteiger charge is 2.09. The molecular formula is C18H25FN4O2. The van der Waals surface area contributed by atoms with Crippen molar-refractivity contribution in [1.82, 2.24) is 20.4 Å². The Kier molecular flexibility index (Phi) is 6.52. The topological polar surface area (TPSA) is 79.2 Å². The second-order valence-electron chi connectivity index (χ2n) is 6.07. The van der Waals surface area contributed by atoms with Crippen molar-refractivity contribution in [3.63, 3.8) is 0 Å². The van der Waals surface area contributed by atoms with Crippen LogP contribution in [0.1, 0.15) is 34.5 Å². The number of urea groups is 1. The summed E-state index contributed by atoms with van der Waals surface area (Å²) >= 11 is 0. The van der Waals surface area contributed by atoms with Crippen LogP contribution in [-0.4, -0.2) is 27.5 Å². The number of amides is 2. The molecule has 0 radical (unpaired) electrons. The van der Waals surface area contributed by atoms with Gasteiger partial charge in [-0.3, -0.25) is 4.68 Å². The number of rotatable bonds is 7. The first-order valence-corrected chi connectivity index (χ1v) is 8.31. The van der Waals surface area contributed by atoms with E-state index in [0.717, 1.165) is 29.8 Å². The van der Waals surface area contributed by atoms with E-state index in [4.69, 9.17) is 5.11 Å². The summed E-state index contributed by atoms with van der Waals surface area (Å²) in [6.45, 7) is 4.51. The van der Waals surface area contributed by atoms with Gasteiger partial charge in [-0.25, -0.2) is 9.18 Å². The second-order valence-corrected chi connectivity index (χ2v) is 6.07. The lowest BCUT2D eigenvalue weighted by molar-refractivity contribution is 0.240. The molecule has 2 aromatic rings. The number of aliphatic hydroxyl groups excluding tert-OH is 1. The smallest absolute Gasteiger partial charge is 0.315 e. The molecule has 1 heterocycles. The summed E-state index contributed by atoms with van der Waals surface area (Å²) < 4.78 is 15.2. The van der Waals surface area contributed by atoms with Crippen LogP contribution in [0.2, 0.25) is 0 Å². The Balaban J connectivity index is 1.72. The first-order valence-electron chi connectivity index (χ1n) is 8.31. The Hall–Kier alpha value is -2.41. The van der Waals surface area contributed by atoms with Crippen LogP contribution in [-0.2, 0) is 26.6 Å². The number of aliphatic hydroxyl groups is 1. The Morgan fingerprint density at radius 1 is 1.32 bits per heavy atom. The highest BCUT2D eigenvalue weighted by Crippen LogP contribution is 2.13. The van der Waals surface area contributed by atoms with E-state index in [1.54, 1.807) is 12.1 Å². The van der Waals surface area contributed by atoms with Crippen molar-refractivity contribution >= 4 is 6.03 Å². The van der Waals surface area contributed by atoms with Gasteiger partial charge in [0.25, 0.3) is 0 Å². The normalized spacial score (nSPS) is 10.8. The van der Waals surface area contributed by atoms with Gasteiger partial charge in [-0.2, -0.15) is 5.10 Å². The molecule has 7 heteroatoms. The molecular weight excluding hydrogens is 323 g/mol. The molecule has 0 bridgehead atoms. The lowest BCUT2D eigenvalue weighted by Gasteiger charge is -2.09. The van der Waals surface area contributed by atoms with Gasteiger partial charge < -0.3 is 15.7 Å². The molecule has 1 aromatic heterocycles. The van der Waals surface area contributed by atoms with Crippen molar-refractivity contribution in [1.29, 1.82) is 0 Å². The van der Waals surface area contributed by atoms with E-state index < -0.39 is 5.82 Å². The predicted molar refractivity (Wildman–Crippen MR) is 93.6 cm³/mol. The van der Waals surface area contributed by atoms with Gasteiger partial charge in [0.05, 0.1) is 12.3 Å². The van der Waals surface area contributed by atoms with Crippen LogP contribution in [0.25, 0.3) is 0 Å². The third-order valence-electron chi connectivity index (χ3n) is 4.28. The summed E-state index contributed by atoms with van der Waals surface area (Å²) in [5.41, 5.74) is 4.37. The Morgan fingerprint density at radius 2 is 2.08 bits per heavy atom. The van der Waals surface area contributed by atoms with Gasteiger partial charge in [0, 0.05) is 31.4 Å². The lowest BCUT2D eigenvalue weighted by Crippen LogP contribution is -2.35. The zero-order valence-electron chi connectivity index (χ0n) is 14.9. The fourth-order valence-corrected chi connectivity index (χ4v) is 2.75. The van der Waals surface area contributed by atoms with Crippen molar-refractivity contribution in [2.75, 3.05) is 6.54 Å². The van der Waals surface area contributed by atoms with Crippen molar-refractivity contribution in [2.45, 2.75) is 39.8 Å². The molecule has 0 aliphatic rings. The molecule has 0 unspecified atom stereocenters. The molecule has 136 valence electrons. The average molecular weight is 348 g/mol. The first-order chi connectivity index (χ1) is 11.9. The maximum Gasteiger partial charge on any atom is 0.315 e. The molecule has 0 spiro atoms. The quantitative estimate of drug-likeness (QED) is 0.671. The van der Waals surface area contributed by atoms with Gasteiger partial charge in [-0.1, -0.05) is 6.07 Å². The van der Waals surface area contributed by atoms with Crippen molar-refractivity contribution in [2.24, 2.45) is 7.05 Å².